The second-order valence-corrected chi connectivity index (χ2v) is 7.72. The van der Waals surface area contributed by atoms with Gasteiger partial charge in [-0.2, -0.15) is 4.98 Å². The Balaban J connectivity index is 1.65. The molecule has 0 spiro atoms. The third-order valence-corrected chi connectivity index (χ3v) is 5.17. The van der Waals surface area contributed by atoms with Gasteiger partial charge in [0.05, 0.1) is 17.8 Å². The van der Waals surface area contributed by atoms with Gasteiger partial charge in [-0.1, -0.05) is 23.4 Å². The number of amides is 1. The molecule has 7 nitrogen and oxygen atoms in total. The van der Waals surface area contributed by atoms with Crippen LogP contribution in [0.1, 0.15) is 44.4 Å². The Bertz CT molecular complexity index is 1070. The second kappa shape index (κ2) is 8.18. The zero-order chi connectivity index (χ0) is 21.3. The standard InChI is InChI=1S/C23H26N4O3/c1-13(2)29-21-11-8-15(12-20(21)24-4)23-26-22(27-30-23)18-7-5-6-17-16(18)9-10-19(17)25-14(3)28/h5-8,11-13,19,24H,9-10H2,1-4H3,(H,25,28)/t19-/m0/s1. The fourth-order valence-corrected chi connectivity index (χ4v) is 3.92. The SMILES string of the molecule is CNc1cc(-c2nc(-c3cccc4c3CC[C@@H]4NC(C)=O)no2)ccc1OC(C)C. The maximum absolute atomic E-state index is 11.5. The molecule has 0 saturated carbocycles. The molecule has 1 amide bonds. The van der Waals surface area contributed by atoms with E-state index in [1.807, 2.05) is 51.2 Å². The number of anilines is 1. The summed E-state index contributed by atoms with van der Waals surface area (Å²) in [5.74, 6) is 1.76. The van der Waals surface area contributed by atoms with Gasteiger partial charge in [0.1, 0.15) is 5.75 Å². The highest BCUT2D eigenvalue weighted by Crippen LogP contribution is 2.38. The van der Waals surface area contributed by atoms with Crippen LogP contribution in [0.2, 0.25) is 0 Å². The normalized spacial score (nSPS) is 15.2. The predicted molar refractivity (Wildman–Crippen MR) is 115 cm³/mol. The monoisotopic (exact) mass is 406 g/mol. The van der Waals surface area contributed by atoms with Crippen molar-refractivity contribution in [2.24, 2.45) is 0 Å². The average molecular weight is 406 g/mol. The van der Waals surface area contributed by atoms with E-state index in [0.29, 0.717) is 11.7 Å². The van der Waals surface area contributed by atoms with Crippen molar-refractivity contribution < 1.29 is 14.1 Å². The molecular formula is C23H26N4O3. The lowest BCUT2D eigenvalue weighted by Gasteiger charge is -2.14. The summed E-state index contributed by atoms with van der Waals surface area (Å²) < 4.78 is 11.4. The number of fused-ring (bicyclic) bond motifs is 1. The van der Waals surface area contributed by atoms with Crippen LogP contribution in [0.4, 0.5) is 5.69 Å². The first-order chi connectivity index (χ1) is 14.5. The third-order valence-electron chi connectivity index (χ3n) is 5.17. The Kier molecular flexibility index (Phi) is 5.44. The molecule has 1 aliphatic rings. The van der Waals surface area contributed by atoms with E-state index >= 15 is 0 Å². The first-order valence-corrected chi connectivity index (χ1v) is 10.2. The molecular weight excluding hydrogens is 380 g/mol. The quantitative estimate of drug-likeness (QED) is 0.632. The molecule has 0 bridgehead atoms. The van der Waals surface area contributed by atoms with Crippen molar-refractivity contribution in [2.75, 3.05) is 12.4 Å². The van der Waals surface area contributed by atoms with E-state index in [9.17, 15) is 4.79 Å². The first kappa shape index (κ1) is 19.9. The van der Waals surface area contributed by atoms with E-state index in [-0.39, 0.29) is 18.1 Å². The summed E-state index contributed by atoms with van der Waals surface area (Å²) in [6.45, 7) is 5.53. The predicted octanol–water partition coefficient (Wildman–Crippen LogP) is 4.36. The van der Waals surface area contributed by atoms with Crippen LogP contribution in [0.15, 0.2) is 40.9 Å². The Hall–Kier alpha value is -3.35. The molecule has 2 N–H and O–H groups in total. The van der Waals surface area contributed by atoms with Crippen molar-refractivity contribution in [1.29, 1.82) is 0 Å². The van der Waals surface area contributed by atoms with Crippen LogP contribution >= 0.6 is 0 Å². The molecule has 0 radical (unpaired) electrons. The van der Waals surface area contributed by atoms with Crippen LogP contribution in [-0.2, 0) is 11.2 Å². The molecule has 1 atom stereocenters. The van der Waals surface area contributed by atoms with Gasteiger partial charge in [0, 0.05) is 25.1 Å². The zero-order valence-corrected chi connectivity index (χ0v) is 17.7. The number of carbonyl (C=O) groups excluding carboxylic acids is 1. The third kappa shape index (κ3) is 3.87. The molecule has 0 fully saturated rings. The van der Waals surface area contributed by atoms with Gasteiger partial charge in [-0.15, -0.1) is 0 Å². The minimum atomic E-state index is -0.0228. The Morgan fingerprint density at radius 3 is 2.83 bits per heavy atom. The van der Waals surface area contributed by atoms with Crippen molar-refractivity contribution in [3.8, 4) is 28.6 Å². The Labute approximate surface area is 175 Å². The zero-order valence-electron chi connectivity index (χ0n) is 17.7. The fraction of sp³-hybridized carbons (Fsp3) is 0.348. The number of hydrogen-bond acceptors (Lipinski definition) is 6. The van der Waals surface area contributed by atoms with Gasteiger partial charge in [-0.25, -0.2) is 0 Å². The lowest BCUT2D eigenvalue weighted by Crippen LogP contribution is -2.24. The Morgan fingerprint density at radius 1 is 1.27 bits per heavy atom. The fourth-order valence-electron chi connectivity index (χ4n) is 3.92. The topological polar surface area (TPSA) is 89.3 Å². The van der Waals surface area contributed by atoms with Crippen molar-refractivity contribution in [3.63, 3.8) is 0 Å². The molecule has 7 heteroatoms. The molecule has 2 aromatic carbocycles. The summed E-state index contributed by atoms with van der Waals surface area (Å²) >= 11 is 0. The van der Waals surface area contributed by atoms with Crippen molar-refractivity contribution in [2.45, 2.75) is 45.8 Å². The molecule has 3 aromatic rings. The molecule has 30 heavy (non-hydrogen) atoms. The Morgan fingerprint density at radius 2 is 2.10 bits per heavy atom. The summed E-state index contributed by atoms with van der Waals surface area (Å²) in [5.41, 5.74) is 4.92. The minimum Gasteiger partial charge on any atom is -0.489 e. The van der Waals surface area contributed by atoms with Crippen LogP contribution in [0, 0.1) is 0 Å². The maximum atomic E-state index is 11.5. The molecule has 1 aromatic heterocycles. The first-order valence-electron chi connectivity index (χ1n) is 10.2. The number of hydrogen-bond donors (Lipinski definition) is 2. The van der Waals surface area contributed by atoms with Gasteiger partial charge in [0.2, 0.25) is 11.7 Å². The number of nitrogens with one attached hydrogen (secondary N) is 2. The van der Waals surface area contributed by atoms with Gasteiger partial charge in [0.15, 0.2) is 0 Å². The largest absolute Gasteiger partial charge is 0.489 e. The van der Waals surface area contributed by atoms with Gasteiger partial charge in [-0.3, -0.25) is 4.79 Å². The number of carbonyl (C=O) groups is 1. The lowest BCUT2D eigenvalue weighted by atomic mass is 10.0. The minimum absolute atomic E-state index is 0.0228. The summed E-state index contributed by atoms with van der Waals surface area (Å²) in [4.78, 5) is 16.1. The highest BCUT2D eigenvalue weighted by atomic mass is 16.5. The van der Waals surface area contributed by atoms with Gasteiger partial charge in [0.25, 0.3) is 5.89 Å². The number of benzene rings is 2. The van der Waals surface area contributed by atoms with Gasteiger partial charge in [-0.05, 0) is 56.0 Å². The number of ether oxygens (including phenoxy) is 1. The van der Waals surface area contributed by atoms with E-state index in [0.717, 1.165) is 41.0 Å². The number of nitrogens with zero attached hydrogens (tertiary/aromatic N) is 2. The van der Waals surface area contributed by atoms with Crippen molar-refractivity contribution >= 4 is 11.6 Å². The van der Waals surface area contributed by atoms with Crippen molar-refractivity contribution in [1.82, 2.24) is 15.5 Å². The van der Waals surface area contributed by atoms with Crippen LogP contribution in [0.5, 0.6) is 5.75 Å². The average Bonchev–Trinajstić information content (AvgIpc) is 3.35. The number of aromatic nitrogens is 2. The molecule has 0 unspecified atom stereocenters. The maximum Gasteiger partial charge on any atom is 0.258 e. The smallest absolute Gasteiger partial charge is 0.258 e. The van der Waals surface area contributed by atoms with Gasteiger partial charge < -0.3 is 19.9 Å². The molecule has 156 valence electrons. The highest BCUT2D eigenvalue weighted by Gasteiger charge is 2.27. The summed E-state index contributed by atoms with van der Waals surface area (Å²) in [5, 5.41) is 10.4. The second-order valence-electron chi connectivity index (χ2n) is 7.72. The summed E-state index contributed by atoms with van der Waals surface area (Å²) in [7, 11) is 1.85. The van der Waals surface area contributed by atoms with Crippen molar-refractivity contribution in [3.05, 3.63) is 47.5 Å². The molecule has 4 rings (SSSR count). The molecule has 1 heterocycles. The van der Waals surface area contributed by atoms with Gasteiger partial charge >= 0.3 is 0 Å². The number of rotatable bonds is 6. The molecule has 1 aliphatic carbocycles. The lowest BCUT2D eigenvalue weighted by molar-refractivity contribution is -0.119. The van der Waals surface area contributed by atoms with E-state index in [1.54, 1.807) is 6.92 Å². The van der Waals surface area contributed by atoms with Crippen LogP contribution in [0.25, 0.3) is 22.8 Å². The van der Waals surface area contributed by atoms with E-state index < -0.39 is 0 Å². The van der Waals surface area contributed by atoms with E-state index in [2.05, 4.69) is 26.8 Å². The summed E-state index contributed by atoms with van der Waals surface area (Å²) in [6.07, 6.45) is 1.82. The van der Waals surface area contributed by atoms with E-state index in [1.165, 1.54) is 5.56 Å². The highest BCUT2D eigenvalue weighted by molar-refractivity contribution is 5.74. The van der Waals surface area contributed by atoms with Crippen LogP contribution in [-0.4, -0.2) is 29.2 Å². The van der Waals surface area contributed by atoms with Crippen LogP contribution < -0.4 is 15.4 Å². The van der Waals surface area contributed by atoms with E-state index in [4.69, 9.17) is 9.26 Å². The van der Waals surface area contributed by atoms with Crippen LogP contribution in [0.3, 0.4) is 0 Å². The molecule has 0 saturated heterocycles. The molecule has 0 aliphatic heterocycles. The summed E-state index contributed by atoms with van der Waals surface area (Å²) in [6, 6.07) is 11.8.